The van der Waals surface area contributed by atoms with E-state index in [4.69, 9.17) is 4.74 Å². The molecule has 1 N–H and O–H groups in total. The second-order valence-corrected chi connectivity index (χ2v) is 5.46. The highest BCUT2D eigenvalue weighted by molar-refractivity contribution is 9.09. The number of carbonyl (C=O) groups excluding carboxylic acids is 1. The third kappa shape index (κ3) is 6.10. The SMILES string of the molecule is CCCOc1cccc(C(=O)NCC(C)CCBr)c1. The molecule has 106 valence electrons. The van der Waals surface area contributed by atoms with Crippen LogP contribution in [-0.2, 0) is 0 Å². The third-order valence-corrected chi connectivity index (χ3v) is 3.24. The number of amides is 1. The number of ether oxygens (including phenoxy) is 1. The minimum Gasteiger partial charge on any atom is -0.494 e. The quantitative estimate of drug-likeness (QED) is 0.740. The molecule has 0 radical (unpaired) electrons. The smallest absolute Gasteiger partial charge is 0.251 e. The van der Waals surface area contributed by atoms with Crippen molar-refractivity contribution in [3.8, 4) is 5.75 Å². The Balaban J connectivity index is 2.51. The summed E-state index contributed by atoms with van der Waals surface area (Å²) >= 11 is 3.41. The molecule has 3 nitrogen and oxygen atoms in total. The summed E-state index contributed by atoms with van der Waals surface area (Å²) in [6.07, 6.45) is 2.01. The maximum absolute atomic E-state index is 12.0. The second-order valence-electron chi connectivity index (χ2n) is 4.67. The van der Waals surface area contributed by atoms with Crippen LogP contribution in [0.1, 0.15) is 37.0 Å². The first-order chi connectivity index (χ1) is 9.17. The van der Waals surface area contributed by atoms with Crippen molar-refractivity contribution in [1.29, 1.82) is 0 Å². The van der Waals surface area contributed by atoms with Crippen molar-refractivity contribution in [1.82, 2.24) is 5.32 Å². The van der Waals surface area contributed by atoms with Crippen molar-refractivity contribution in [2.75, 3.05) is 18.5 Å². The monoisotopic (exact) mass is 327 g/mol. The molecule has 0 saturated heterocycles. The molecule has 19 heavy (non-hydrogen) atoms. The van der Waals surface area contributed by atoms with E-state index >= 15 is 0 Å². The predicted octanol–water partition coefficient (Wildman–Crippen LogP) is 3.63. The summed E-state index contributed by atoms with van der Waals surface area (Å²) < 4.78 is 5.52. The molecule has 0 aliphatic carbocycles. The zero-order chi connectivity index (χ0) is 14.1. The molecule has 0 saturated carbocycles. The minimum absolute atomic E-state index is 0.0385. The second kappa shape index (κ2) is 8.97. The van der Waals surface area contributed by atoms with E-state index in [2.05, 4.69) is 35.1 Å². The van der Waals surface area contributed by atoms with Crippen LogP contribution in [0.2, 0.25) is 0 Å². The molecule has 0 bridgehead atoms. The van der Waals surface area contributed by atoms with Crippen molar-refractivity contribution < 1.29 is 9.53 Å². The Bertz CT molecular complexity index is 395. The van der Waals surface area contributed by atoms with Crippen molar-refractivity contribution in [3.63, 3.8) is 0 Å². The Morgan fingerprint density at radius 1 is 1.47 bits per heavy atom. The first-order valence-electron chi connectivity index (χ1n) is 6.74. The molecule has 1 rings (SSSR count). The Kier molecular flexibility index (Phi) is 7.56. The van der Waals surface area contributed by atoms with E-state index in [0.717, 1.165) is 23.9 Å². The third-order valence-electron chi connectivity index (χ3n) is 2.78. The lowest BCUT2D eigenvalue weighted by atomic mass is 10.1. The summed E-state index contributed by atoms with van der Waals surface area (Å²) in [6.45, 7) is 5.56. The van der Waals surface area contributed by atoms with Crippen molar-refractivity contribution in [2.45, 2.75) is 26.7 Å². The summed E-state index contributed by atoms with van der Waals surface area (Å²) in [7, 11) is 0. The van der Waals surface area contributed by atoms with Gasteiger partial charge in [-0.2, -0.15) is 0 Å². The van der Waals surface area contributed by atoms with Gasteiger partial charge >= 0.3 is 0 Å². The minimum atomic E-state index is -0.0385. The molecule has 1 unspecified atom stereocenters. The van der Waals surface area contributed by atoms with Gasteiger partial charge in [-0.1, -0.05) is 35.8 Å². The van der Waals surface area contributed by atoms with Gasteiger partial charge in [-0.15, -0.1) is 0 Å². The van der Waals surface area contributed by atoms with Gasteiger partial charge in [0.2, 0.25) is 0 Å². The number of alkyl halides is 1. The molecule has 0 heterocycles. The van der Waals surface area contributed by atoms with Gasteiger partial charge in [-0.05, 0) is 37.0 Å². The first kappa shape index (κ1) is 16.0. The fraction of sp³-hybridized carbons (Fsp3) is 0.533. The summed E-state index contributed by atoms with van der Waals surface area (Å²) in [5.74, 6) is 1.19. The van der Waals surface area contributed by atoms with E-state index in [0.29, 0.717) is 24.6 Å². The fourth-order valence-corrected chi connectivity index (χ4v) is 2.39. The van der Waals surface area contributed by atoms with Gasteiger partial charge in [0.05, 0.1) is 6.61 Å². The van der Waals surface area contributed by atoms with Crippen LogP contribution >= 0.6 is 15.9 Å². The Morgan fingerprint density at radius 2 is 2.26 bits per heavy atom. The van der Waals surface area contributed by atoms with Crippen LogP contribution in [0.25, 0.3) is 0 Å². The van der Waals surface area contributed by atoms with Gasteiger partial charge in [0, 0.05) is 17.4 Å². The lowest BCUT2D eigenvalue weighted by molar-refractivity contribution is 0.0947. The van der Waals surface area contributed by atoms with E-state index in [9.17, 15) is 4.79 Å². The number of hydrogen-bond donors (Lipinski definition) is 1. The lowest BCUT2D eigenvalue weighted by Crippen LogP contribution is -2.28. The average Bonchev–Trinajstić information content (AvgIpc) is 2.43. The van der Waals surface area contributed by atoms with Crippen molar-refractivity contribution in [2.24, 2.45) is 5.92 Å². The molecule has 1 aromatic rings. The molecule has 0 aliphatic heterocycles. The molecule has 1 amide bonds. The molecule has 0 spiro atoms. The van der Waals surface area contributed by atoms with Crippen molar-refractivity contribution >= 4 is 21.8 Å². The van der Waals surface area contributed by atoms with Gasteiger partial charge in [-0.3, -0.25) is 4.79 Å². The topological polar surface area (TPSA) is 38.3 Å². The number of benzene rings is 1. The summed E-state index contributed by atoms with van der Waals surface area (Å²) in [5.41, 5.74) is 0.652. The average molecular weight is 328 g/mol. The normalized spacial score (nSPS) is 11.9. The molecular weight excluding hydrogens is 306 g/mol. The van der Waals surface area contributed by atoms with Crippen LogP contribution in [0, 0.1) is 5.92 Å². The van der Waals surface area contributed by atoms with Gasteiger partial charge in [0.25, 0.3) is 5.91 Å². The van der Waals surface area contributed by atoms with Crippen LogP contribution in [0.3, 0.4) is 0 Å². The molecule has 0 aliphatic rings. The van der Waals surface area contributed by atoms with Gasteiger partial charge in [0.1, 0.15) is 5.75 Å². The van der Waals surface area contributed by atoms with Crippen LogP contribution in [0.5, 0.6) is 5.75 Å². The van der Waals surface area contributed by atoms with Crippen molar-refractivity contribution in [3.05, 3.63) is 29.8 Å². The van der Waals surface area contributed by atoms with E-state index in [-0.39, 0.29) is 5.91 Å². The maximum atomic E-state index is 12.0. The first-order valence-corrected chi connectivity index (χ1v) is 7.86. The summed E-state index contributed by atoms with van der Waals surface area (Å²) in [5, 5.41) is 3.91. The van der Waals surface area contributed by atoms with E-state index in [1.807, 2.05) is 18.2 Å². The van der Waals surface area contributed by atoms with Gasteiger partial charge in [-0.25, -0.2) is 0 Å². The van der Waals surface area contributed by atoms with Gasteiger partial charge < -0.3 is 10.1 Å². The number of hydrogen-bond acceptors (Lipinski definition) is 2. The largest absolute Gasteiger partial charge is 0.494 e. The zero-order valence-electron chi connectivity index (χ0n) is 11.6. The number of halogens is 1. The lowest BCUT2D eigenvalue weighted by Gasteiger charge is -2.12. The maximum Gasteiger partial charge on any atom is 0.251 e. The van der Waals surface area contributed by atoms with E-state index in [1.54, 1.807) is 6.07 Å². The van der Waals surface area contributed by atoms with Crippen LogP contribution in [0.4, 0.5) is 0 Å². The predicted molar refractivity (Wildman–Crippen MR) is 82.1 cm³/mol. The van der Waals surface area contributed by atoms with Crippen LogP contribution in [-0.4, -0.2) is 24.4 Å². The Labute approximate surface area is 123 Å². The standard InChI is InChI=1S/C15H22BrNO2/c1-3-9-19-14-6-4-5-13(10-14)15(18)17-11-12(2)7-8-16/h4-6,10,12H,3,7-9,11H2,1-2H3,(H,17,18). The number of nitrogens with one attached hydrogen (secondary N) is 1. The molecule has 1 atom stereocenters. The summed E-state index contributed by atoms with van der Waals surface area (Å²) in [4.78, 5) is 12.0. The van der Waals surface area contributed by atoms with E-state index in [1.165, 1.54) is 0 Å². The highest BCUT2D eigenvalue weighted by Crippen LogP contribution is 2.13. The van der Waals surface area contributed by atoms with Crippen LogP contribution in [0.15, 0.2) is 24.3 Å². The van der Waals surface area contributed by atoms with Gasteiger partial charge in [0.15, 0.2) is 0 Å². The molecule has 4 heteroatoms. The molecule has 0 fully saturated rings. The highest BCUT2D eigenvalue weighted by atomic mass is 79.9. The van der Waals surface area contributed by atoms with Crippen LogP contribution < -0.4 is 10.1 Å². The van der Waals surface area contributed by atoms with E-state index < -0.39 is 0 Å². The number of rotatable bonds is 8. The molecule has 0 aromatic heterocycles. The number of carbonyl (C=O) groups is 1. The molecule has 1 aromatic carbocycles. The highest BCUT2D eigenvalue weighted by Gasteiger charge is 2.08. The Hall–Kier alpha value is -1.03. The Morgan fingerprint density at radius 3 is 2.95 bits per heavy atom. The zero-order valence-corrected chi connectivity index (χ0v) is 13.2. The summed E-state index contributed by atoms with van der Waals surface area (Å²) in [6, 6.07) is 7.32. The molecular formula is C15H22BrNO2. The fourth-order valence-electron chi connectivity index (χ4n) is 1.60.